The summed E-state index contributed by atoms with van der Waals surface area (Å²) in [5.74, 6) is 0.666. The van der Waals surface area contributed by atoms with Crippen molar-refractivity contribution in [2.45, 2.75) is 39.5 Å². The smallest absolute Gasteiger partial charge is 0.322 e. The van der Waals surface area contributed by atoms with Gasteiger partial charge in [0.15, 0.2) is 0 Å². The summed E-state index contributed by atoms with van der Waals surface area (Å²) in [5.41, 5.74) is 7.27. The van der Waals surface area contributed by atoms with Crippen molar-refractivity contribution in [3.8, 4) is 34.0 Å². The summed E-state index contributed by atoms with van der Waals surface area (Å²) in [5, 5.41) is 7.43. The highest BCUT2D eigenvalue weighted by Crippen LogP contribution is 2.32. The Morgan fingerprint density at radius 1 is 0.972 bits per heavy atom. The van der Waals surface area contributed by atoms with Gasteiger partial charge in [-0.05, 0) is 60.7 Å². The molecule has 0 saturated carbocycles. The van der Waals surface area contributed by atoms with E-state index in [4.69, 9.17) is 14.0 Å². The summed E-state index contributed by atoms with van der Waals surface area (Å²) < 4.78 is 15.9. The third-order valence-corrected chi connectivity index (χ3v) is 6.24. The molecule has 0 saturated heterocycles. The van der Waals surface area contributed by atoms with Crippen LogP contribution in [0.15, 0.2) is 71.3 Å². The lowest BCUT2D eigenvalue weighted by Crippen LogP contribution is -2.36. The number of hydrogen-bond acceptors (Lipinski definition) is 7. The molecular formula is C29H31N3O4. The van der Waals surface area contributed by atoms with E-state index in [1.807, 2.05) is 55.5 Å². The van der Waals surface area contributed by atoms with E-state index in [9.17, 15) is 4.79 Å². The van der Waals surface area contributed by atoms with Gasteiger partial charge in [-0.15, -0.1) is 0 Å². The summed E-state index contributed by atoms with van der Waals surface area (Å²) in [6.45, 7) is 6.36. The van der Waals surface area contributed by atoms with Crippen molar-refractivity contribution >= 4 is 5.97 Å². The molecule has 1 aromatic heterocycles. The van der Waals surface area contributed by atoms with Gasteiger partial charge < -0.3 is 14.0 Å². The Hall–Kier alpha value is -3.81. The minimum atomic E-state index is -0.398. The molecule has 0 fully saturated rings. The SMILES string of the molecule is COCc1cc(-c2nc(-c3ccc([C@@H](C)N[C@H](C)C(=O)OC)cc3)no2)ccc1-c1ccccc1C. The second-order valence-corrected chi connectivity index (χ2v) is 8.80. The zero-order chi connectivity index (χ0) is 25.7. The van der Waals surface area contributed by atoms with Gasteiger partial charge in [-0.1, -0.05) is 59.8 Å². The van der Waals surface area contributed by atoms with Gasteiger partial charge >= 0.3 is 5.97 Å². The van der Waals surface area contributed by atoms with Crippen LogP contribution in [0.25, 0.3) is 34.0 Å². The number of carbonyl (C=O) groups is 1. The third-order valence-electron chi connectivity index (χ3n) is 6.24. The first-order valence-corrected chi connectivity index (χ1v) is 11.9. The van der Waals surface area contributed by atoms with E-state index >= 15 is 0 Å². The maximum absolute atomic E-state index is 11.7. The molecule has 0 spiro atoms. The molecule has 0 bridgehead atoms. The van der Waals surface area contributed by atoms with Gasteiger partial charge in [-0.25, -0.2) is 0 Å². The fourth-order valence-corrected chi connectivity index (χ4v) is 4.23. The van der Waals surface area contributed by atoms with Crippen molar-refractivity contribution in [2.75, 3.05) is 14.2 Å². The van der Waals surface area contributed by atoms with Crippen molar-refractivity contribution in [1.29, 1.82) is 0 Å². The maximum Gasteiger partial charge on any atom is 0.322 e. The van der Waals surface area contributed by atoms with Crippen LogP contribution < -0.4 is 5.32 Å². The number of hydrogen-bond donors (Lipinski definition) is 1. The second kappa shape index (κ2) is 11.3. The Labute approximate surface area is 211 Å². The molecule has 36 heavy (non-hydrogen) atoms. The number of rotatable bonds is 9. The molecule has 0 aliphatic heterocycles. The average Bonchev–Trinajstić information content (AvgIpc) is 3.39. The van der Waals surface area contributed by atoms with E-state index in [0.29, 0.717) is 18.3 Å². The first-order chi connectivity index (χ1) is 17.4. The molecule has 7 heteroatoms. The van der Waals surface area contributed by atoms with Gasteiger partial charge in [0.1, 0.15) is 6.04 Å². The normalized spacial score (nSPS) is 12.8. The van der Waals surface area contributed by atoms with E-state index in [2.05, 4.69) is 40.6 Å². The van der Waals surface area contributed by atoms with Gasteiger partial charge in [-0.3, -0.25) is 10.1 Å². The van der Waals surface area contributed by atoms with Crippen molar-refractivity contribution in [3.05, 3.63) is 83.4 Å². The van der Waals surface area contributed by atoms with Gasteiger partial charge in [-0.2, -0.15) is 4.98 Å². The van der Waals surface area contributed by atoms with E-state index in [1.165, 1.54) is 18.2 Å². The van der Waals surface area contributed by atoms with Crippen LogP contribution in [0, 0.1) is 6.92 Å². The van der Waals surface area contributed by atoms with Gasteiger partial charge in [0.05, 0.1) is 13.7 Å². The number of aromatic nitrogens is 2. The highest BCUT2D eigenvalue weighted by molar-refractivity contribution is 5.75. The highest BCUT2D eigenvalue weighted by atomic mass is 16.5. The predicted molar refractivity (Wildman–Crippen MR) is 139 cm³/mol. The third kappa shape index (κ3) is 5.53. The summed E-state index contributed by atoms with van der Waals surface area (Å²) in [4.78, 5) is 16.3. The molecule has 186 valence electrons. The summed E-state index contributed by atoms with van der Waals surface area (Å²) in [7, 11) is 3.07. The fraction of sp³-hybridized carbons (Fsp3) is 0.276. The lowest BCUT2D eigenvalue weighted by Gasteiger charge is -2.18. The Bertz CT molecular complexity index is 1330. The Morgan fingerprint density at radius 3 is 2.39 bits per heavy atom. The molecule has 0 unspecified atom stereocenters. The van der Waals surface area contributed by atoms with Crippen LogP contribution in [0.4, 0.5) is 0 Å². The topological polar surface area (TPSA) is 86.5 Å². The Balaban J connectivity index is 1.55. The molecule has 1 heterocycles. The van der Waals surface area contributed by atoms with Crippen molar-refractivity contribution < 1.29 is 18.8 Å². The van der Waals surface area contributed by atoms with Gasteiger partial charge in [0.2, 0.25) is 5.82 Å². The molecular weight excluding hydrogens is 454 g/mol. The number of aryl methyl sites for hydroxylation is 1. The number of benzene rings is 3. The maximum atomic E-state index is 11.7. The molecule has 2 atom stereocenters. The first kappa shape index (κ1) is 25.3. The Kier molecular flexibility index (Phi) is 7.93. The highest BCUT2D eigenvalue weighted by Gasteiger charge is 2.18. The molecule has 4 aromatic rings. The minimum absolute atomic E-state index is 0.0278. The lowest BCUT2D eigenvalue weighted by atomic mass is 9.94. The number of nitrogens with one attached hydrogen (secondary N) is 1. The van der Waals surface area contributed by atoms with Crippen molar-refractivity contribution in [1.82, 2.24) is 15.5 Å². The van der Waals surface area contributed by atoms with Crippen LogP contribution in [-0.2, 0) is 20.9 Å². The van der Waals surface area contributed by atoms with Gasteiger partial charge in [0, 0.05) is 24.3 Å². The van der Waals surface area contributed by atoms with E-state index in [-0.39, 0.29) is 12.0 Å². The molecule has 3 aromatic carbocycles. The standard InChI is InChI=1S/C29H31N3O4/c1-18-8-6-7-9-25(18)26-15-14-23(16-24(26)17-34-4)28-31-27(32-36-28)22-12-10-21(11-13-22)19(2)30-20(3)29(33)35-5/h6-16,19-20,30H,17H2,1-5H3/t19-,20-/m1/s1. The van der Waals surface area contributed by atoms with Crippen LogP contribution in [0.3, 0.4) is 0 Å². The number of ether oxygens (including phenoxy) is 2. The largest absolute Gasteiger partial charge is 0.468 e. The molecule has 0 aliphatic carbocycles. The molecule has 0 radical (unpaired) electrons. The van der Waals surface area contributed by atoms with E-state index in [0.717, 1.165) is 27.8 Å². The molecule has 0 aliphatic rings. The first-order valence-electron chi connectivity index (χ1n) is 11.9. The van der Waals surface area contributed by atoms with Crippen LogP contribution in [0.1, 0.15) is 36.6 Å². The van der Waals surface area contributed by atoms with Crippen LogP contribution in [0.5, 0.6) is 0 Å². The molecule has 4 rings (SSSR count). The quantitative estimate of drug-likeness (QED) is 0.303. The number of esters is 1. The zero-order valence-corrected chi connectivity index (χ0v) is 21.2. The van der Waals surface area contributed by atoms with Crippen molar-refractivity contribution in [2.24, 2.45) is 0 Å². The molecule has 1 N–H and O–H groups in total. The second-order valence-electron chi connectivity index (χ2n) is 8.80. The number of methoxy groups -OCH3 is 2. The lowest BCUT2D eigenvalue weighted by molar-refractivity contribution is -0.142. The Morgan fingerprint density at radius 2 is 1.69 bits per heavy atom. The van der Waals surface area contributed by atoms with Crippen LogP contribution >= 0.6 is 0 Å². The van der Waals surface area contributed by atoms with Crippen molar-refractivity contribution in [3.63, 3.8) is 0 Å². The van der Waals surface area contributed by atoms with Crippen LogP contribution in [0.2, 0.25) is 0 Å². The molecule has 0 amide bonds. The van der Waals surface area contributed by atoms with Crippen LogP contribution in [-0.4, -0.2) is 36.4 Å². The predicted octanol–water partition coefficient (Wildman–Crippen LogP) is 5.74. The van der Waals surface area contributed by atoms with Gasteiger partial charge in [0.25, 0.3) is 5.89 Å². The average molecular weight is 486 g/mol. The minimum Gasteiger partial charge on any atom is -0.468 e. The number of nitrogens with zero attached hydrogens (tertiary/aromatic N) is 2. The zero-order valence-electron chi connectivity index (χ0n) is 21.2. The molecule has 7 nitrogen and oxygen atoms in total. The number of carbonyl (C=O) groups excluding carboxylic acids is 1. The van der Waals surface area contributed by atoms with E-state index < -0.39 is 6.04 Å². The van der Waals surface area contributed by atoms with E-state index in [1.54, 1.807) is 14.0 Å². The fourth-order valence-electron chi connectivity index (χ4n) is 4.23. The monoisotopic (exact) mass is 485 g/mol. The summed E-state index contributed by atoms with van der Waals surface area (Å²) in [6, 6.07) is 21.9. The summed E-state index contributed by atoms with van der Waals surface area (Å²) >= 11 is 0. The summed E-state index contributed by atoms with van der Waals surface area (Å²) in [6.07, 6.45) is 0.